The minimum Gasteiger partial charge on any atom is -0.286 e. The molecular formula is C11H21NO2S. The molecule has 3 nitrogen and oxygen atoms in total. The lowest BCUT2D eigenvalue weighted by Gasteiger charge is -2.03. The summed E-state index contributed by atoms with van der Waals surface area (Å²) in [6.07, 6.45) is 5.46. The molecule has 1 heterocycles. The van der Waals surface area contributed by atoms with Gasteiger partial charge < -0.3 is 0 Å². The SMILES string of the molecule is CC.CCCCCCC1SC(=O)NC1=O. The van der Waals surface area contributed by atoms with Crippen molar-refractivity contribution in [1.82, 2.24) is 5.32 Å². The van der Waals surface area contributed by atoms with Gasteiger partial charge in [-0.3, -0.25) is 14.9 Å². The Hall–Kier alpha value is -0.510. The third-order valence-electron chi connectivity index (χ3n) is 2.09. The molecule has 1 rings (SSSR count). The van der Waals surface area contributed by atoms with Crippen LogP contribution in [0.3, 0.4) is 0 Å². The topological polar surface area (TPSA) is 46.2 Å². The van der Waals surface area contributed by atoms with E-state index in [1.807, 2.05) is 13.8 Å². The first-order valence-corrected chi connectivity index (χ1v) is 6.63. The highest BCUT2D eigenvalue weighted by atomic mass is 32.2. The summed E-state index contributed by atoms with van der Waals surface area (Å²) in [7, 11) is 0. The molecule has 88 valence electrons. The fourth-order valence-electron chi connectivity index (χ4n) is 1.34. The van der Waals surface area contributed by atoms with Crippen LogP contribution in [0.15, 0.2) is 0 Å². The number of unbranched alkanes of at least 4 members (excludes halogenated alkanes) is 3. The summed E-state index contributed by atoms with van der Waals surface area (Å²) < 4.78 is 0. The van der Waals surface area contributed by atoms with Crippen molar-refractivity contribution in [2.75, 3.05) is 0 Å². The zero-order chi connectivity index (χ0) is 11.7. The van der Waals surface area contributed by atoms with Crippen molar-refractivity contribution in [3.8, 4) is 0 Å². The maximum atomic E-state index is 11.1. The summed E-state index contributed by atoms with van der Waals surface area (Å²) in [6.45, 7) is 6.15. The monoisotopic (exact) mass is 231 g/mol. The Morgan fingerprint density at radius 2 is 1.87 bits per heavy atom. The van der Waals surface area contributed by atoms with Crippen LogP contribution >= 0.6 is 11.8 Å². The molecule has 0 bridgehead atoms. The van der Waals surface area contributed by atoms with Crippen molar-refractivity contribution >= 4 is 22.9 Å². The first-order chi connectivity index (χ1) is 7.24. The van der Waals surface area contributed by atoms with Crippen LogP contribution in [0.1, 0.15) is 52.9 Å². The number of imide groups is 1. The summed E-state index contributed by atoms with van der Waals surface area (Å²) in [5.41, 5.74) is 0. The summed E-state index contributed by atoms with van der Waals surface area (Å²) in [5.74, 6) is -0.105. The van der Waals surface area contributed by atoms with Gasteiger partial charge in [0.1, 0.15) is 0 Å². The summed E-state index contributed by atoms with van der Waals surface area (Å²) >= 11 is 1.13. The van der Waals surface area contributed by atoms with Gasteiger partial charge in [0.05, 0.1) is 5.25 Å². The molecule has 1 aliphatic rings. The number of amides is 2. The molecule has 0 aromatic carbocycles. The Bertz CT molecular complexity index is 207. The normalized spacial score (nSPS) is 19.5. The number of rotatable bonds is 5. The fourth-order valence-corrected chi connectivity index (χ4v) is 2.21. The van der Waals surface area contributed by atoms with E-state index in [2.05, 4.69) is 12.2 Å². The van der Waals surface area contributed by atoms with Gasteiger partial charge in [-0.05, 0) is 6.42 Å². The number of carbonyl (C=O) groups is 2. The molecule has 1 fully saturated rings. The van der Waals surface area contributed by atoms with Crippen molar-refractivity contribution < 1.29 is 9.59 Å². The number of hydrogen-bond acceptors (Lipinski definition) is 3. The second kappa shape index (κ2) is 8.77. The van der Waals surface area contributed by atoms with E-state index in [0.717, 1.165) is 31.0 Å². The molecule has 1 aliphatic heterocycles. The van der Waals surface area contributed by atoms with Gasteiger partial charge in [0.25, 0.3) is 5.24 Å². The molecule has 0 aliphatic carbocycles. The molecule has 0 aromatic rings. The Kier molecular flexibility index (Phi) is 8.47. The molecule has 0 spiro atoms. The molecule has 0 saturated carbocycles. The summed E-state index contributed by atoms with van der Waals surface area (Å²) in [4.78, 5) is 21.9. The lowest BCUT2D eigenvalue weighted by atomic mass is 10.1. The summed E-state index contributed by atoms with van der Waals surface area (Å²) in [5, 5.41) is 1.98. The van der Waals surface area contributed by atoms with Crippen LogP contribution < -0.4 is 5.32 Å². The third kappa shape index (κ3) is 5.82. The van der Waals surface area contributed by atoms with Crippen LogP contribution in [0, 0.1) is 0 Å². The van der Waals surface area contributed by atoms with Crippen molar-refractivity contribution in [1.29, 1.82) is 0 Å². The van der Waals surface area contributed by atoms with Crippen LogP contribution in [0.5, 0.6) is 0 Å². The van der Waals surface area contributed by atoms with E-state index in [9.17, 15) is 9.59 Å². The van der Waals surface area contributed by atoms with Crippen LogP contribution in [0.4, 0.5) is 4.79 Å². The minimum atomic E-state index is -0.189. The Labute approximate surface area is 96.4 Å². The molecule has 1 unspecified atom stereocenters. The van der Waals surface area contributed by atoms with Crippen molar-refractivity contribution in [3.63, 3.8) is 0 Å². The van der Waals surface area contributed by atoms with E-state index in [0.29, 0.717) is 0 Å². The number of carbonyl (C=O) groups excluding carboxylic acids is 2. The lowest BCUT2D eigenvalue weighted by molar-refractivity contribution is -0.119. The van der Waals surface area contributed by atoms with Crippen LogP contribution in [0.2, 0.25) is 0 Å². The number of nitrogens with one attached hydrogen (secondary N) is 1. The second-order valence-electron chi connectivity index (χ2n) is 3.23. The van der Waals surface area contributed by atoms with E-state index in [-0.39, 0.29) is 16.4 Å². The minimum absolute atomic E-state index is 0.105. The van der Waals surface area contributed by atoms with Gasteiger partial charge in [0, 0.05) is 0 Å². The van der Waals surface area contributed by atoms with Crippen LogP contribution in [0.25, 0.3) is 0 Å². The summed E-state index contributed by atoms with van der Waals surface area (Å²) in [6, 6.07) is 0. The average Bonchev–Trinajstić information content (AvgIpc) is 2.55. The van der Waals surface area contributed by atoms with E-state index < -0.39 is 0 Å². The smallest absolute Gasteiger partial charge is 0.286 e. The molecule has 1 N–H and O–H groups in total. The zero-order valence-electron chi connectivity index (χ0n) is 9.84. The predicted molar refractivity (Wildman–Crippen MR) is 65.0 cm³/mol. The molecular weight excluding hydrogens is 210 g/mol. The standard InChI is InChI=1S/C9H15NO2S.C2H6/c1-2-3-4-5-6-7-8(11)10-9(12)13-7;1-2/h7H,2-6H2,1H3,(H,10,11,12);1-2H3. The Morgan fingerprint density at radius 1 is 1.20 bits per heavy atom. The maximum Gasteiger partial charge on any atom is 0.286 e. The second-order valence-corrected chi connectivity index (χ2v) is 4.41. The van der Waals surface area contributed by atoms with Crippen molar-refractivity contribution in [2.45, 2.75) is 58.1 Å². The first kappa shape index (κ1) is 14.5. The van der Waals surface area contributed by atoms with Gasteiger partial charge in [0.2, 0.25) is 5.91 Å². The van der Waals surface area contributed by atoms with E-state index in [1.165, 1.54) is 12.8 Å². The lowest BCUT2D eigenvalue weighted by Crippen LogP contribution is -2.23. The van der Waals surface area contributed by atoms with Gasteiger partial charge in [-0.1, -0.05) is 58.2 Å². The van der Waals surface area contributed by atoms with Gasteiger partial charge in [-0.2, -0.15) is 0 Å². The highest BCUT2D eigenvalue weighted by molar-refractivity contribution is 8.15. The highest BCUT2D eigenvalue weighted by Crippen LogP contribution is 2.23. The molecule has 4 heteroatoms. The molecule has 0 radical (unpaired) electrons. The Balaban J connectivity index is 0.000000921. The fraction of sp³-hybridized carbons (Fsp3) is 0.818. The molecule has 2 amide bonds. The average molecular weight is 231 g/mol. The van der Waals surface area contributed by atoms with Crippen LogP contribution in [-0.2, 0) is 4.79 Å². The van der Waals surface area contributed by atoms with Gasteiger partial charge >= 0.3 is 0 Å². The number of hydrogen-bond donors (Lipinski definition) is 1. The quantitative estimate of drug-likeness (QED) is 0.738. The van der Waals surface area contributed by atoms with E-state index in [1.54, 1.807) is 0 Å². The number of thioether (sulfide) groups is 1. The Morgan fingerprint density at radius 3 is 2.33 bits per heavy atom. The maximum absolute atomic E-state index is 11.1. The highest BCUT2D eigenvalue weighted by Gasteiger charge is 2.30. The largest absolute Gasteiger partial charge is 0.286 e. The first-order valence-electron chi connectivity index (χ1n) is 5.75. The van der Waals surface area contributed by atoms with Gasteiger partial charge in [0.15, 0.2) is 0 Å². The molecule has 15 heavy (non-hydrogen) atoms. The van der Waals surface area contributed by atoms with Gasteiger partial charge in [-0.25, -0.2) is 0 Å². The van der Waals surface area contributed by atoms with Crippen molar-refractivity contribution in [3.05, 3.63) is 0 Å². The zero-order valence-corrected chi connectivity index (χ0v) is 10.7. The van der Waals surface area contributed by atoms with Crippen molar-refractivity contribution in [2.24, 2.45) is 0 Å². The third-order valence-corrected chi connectivity index (χ3v) is 3.14. The molecule has 1 atom stereocenters. The van der Waals surface area contributed by atoms with Gasteiger partial charge in [-0.15, -0.1) is 0 Å². The van der Waals surface area contributed by atoms with E-state index >= 15 is 0 Å². The molecule has 1 saturated heterocycles. The predicted octanol–water partition coefficient (Wildman–Crippen LogP) is 3.33. The molecule has 0 aromatic heterocycles. The van der Waals surface area contributed by atoms with E-state index in [4.69, 9.17) is 0 Å². The van der Waals surface area contributed by atoms with Crippen LogP contribution in [-0.4, -0.2) is 16.4 Å².